The molecule has 1 rings (SSSR count). The Morgan fingerprint density at radius 1 is 1.38 bits per heavy atom. The smallest absolute Gasteiger partial charge is 0.0545 e. The number of ether oxygens (including phenoxy) is 1. The van der Waals surface area contributed by atoms with Crippen molar-refractivity contribution in [3.63, 3.8) is 0 Å². The molecule has 1 fully saturated rings. The topological polar surface area (TPSA) is 35.2 Å². The molecule has 0 aromatic rings. The van der Waals surface area contributed by atoms with Gasteiger partial charge in [0.1, 0.15) is 0 Å². The number of hydrogen-bond donors (Lipinski definition) is 1. The van der Waals surface area contributed by atoms with Crippen molar-refractivity contribution < 1.29 is 4.74 Å². The SMILES string of the molecule is CC(C)CC1(CC(C)(C)N)COC1. The summed E-state index contributed by atoms with van der Waals surface area (Å²) in [6, 6.07) is 0. The predicted octanol–water partition coefficient (Wildman–Crippen LogP) is 2.18. The second kappa shape index (κ2) is 3.58. The van der Waals surface area contributed by atoms with Crippen LogP contribution in [0.25, 0.3) is 0 Å². The Kier molecular flexibility index (Phi) is 3.03. The molecule has 78 valence electrons. The first kappa shape index (κ1) is 11.0. The zero-order chi connectivity index (χ0) is 10.1. The molecular formula is C11H23NO. The maximum atomic E-state index is 6.05. The van der Waals surface area contributed by atoms with Gasteiger partial charge in [0, 0.05) is 11.0 Å². The summed E-state index contributed by atoms with van der Waals surface area (Å²) in [5.41, 5.74) is 6.38. The highest BCUT2D eigenvalue weighted by Crippen LogP contribution is 2.40. The highest BCUT2D eigenvalue weighted by Gasteiger charge is 2.41. The molecule has 1 heterocycles. The minimum Gasteiger partial charge on any atom is -0.380 e. The van der Waals surface area contributed by atoms with Crippen LogP contribution in [0.5, 0.6) is 0 Å². The average Bonchev–Trinajstić information content (AvgIpc) is 1.78. The Labute approximate surface area is 81.8 Å². The molecule has 2 N–H and O–H groups in total. The molecule has 0 unspecified atom stereocenters. The molecular weight excluding hydrogens is 162 g/mol. The van der Waals surface area contributed by atoms with Crippen LogP contribution in [0, 0.1) is 11.3 Å². The Hall–Kier alpha value is -0.0800. The van der Waals surface area contributed by atoms with Gasteiger partial charge in [-0.25, -0.2) is 0 Å². The zero-order valence-electron chi connectivity index (χ0n) is 9.39. The molecule has 0 spiro atoms. The summed E-state index contributed by atoms with van der Waals surface area (Å²) < 4.78 is 5.33. The maximum Gasteiger partial charge on any atom is 0.0545 e. The zero-order valence-corrected chi connectivity index (χ0v) is 9.39. The molecule has 13 heavy (non-hydrogen) atoms. The summed E-state index contributed by atoms with van der Waals surface area (Å²) in [5, 5.41) is 0. The van der Waals surface area contributed by atoms with E-state index in [1.54, 1.807) is 0 Å². The van der Waals surface area contributed by atoms with Crippen molar-refractivity contribution in [1.82, 2.24) is 0 Å². The molecule has 2 heteroatoms. The van der Waals surface area contributed by atoms with Crippen molar-refractivity contribution in [3.05, 3.63) is 0 Å². The lowest BCUT2D eigenvalue weighted by Crippen LogP contribution is -2.50. The van der Waals surface area contributed by atoms with E-state index in [4.69, 9.17) is 10.5 Å². The van der Waals surface area contributed by atoms with Crippen LogP contribution in [0.1, 0.15) is 40.5 Å². The molecule has 0 aromatic carbocycles. The lowest BCUT2D eigenvalue weighted by molar-refractivity contribution is -0.134. The number of hydrogen-bond acceptors (Lipinski definition) is 2. The minimum absolute atomic E-state index is 0.0569. The van der Waals surface area contributed by atoms with E-state index < -0.39 is 0 Å². The fourth-order valence-electron chi connectivity index (χ4n) is 2.52. The second-order valence-corrected chi connectivity index (χ2v) is 5.76. The van der Waals surface area contributed by atoms with Gasteiger partial charge in [-0.1, -0.05) is 13.8 Å². The van der Waals surface area contributed by atoms with Gasteiger partial charge >= 0.3 is 0 Å². The molecule has 0 bridgehead atoms. The Morgan fingerprint density at radius 2 is 1.92 bits per heavy atom. The van der Waals surface area contributed by atoms with E-state index in [9.17, 15) is 0 Å². The summed E-state index contributed by atoms with van der Waals surface area (Å²) in [7, 11) is 0. The van der Waals surface area contributed by atoms with Crippen molar-refractivity contribution in [2.75, 3.05) is 13.2 Å². The summed E-state index contributed by atoms with van der Waals surface area (Å²) in [6.45, 7) is 10.6. The lowest BCUT2D eigenvalue weighted by Gasteiger charge is -2.46. The monoisotopic (exact) mass is 185 g/mol. The van der Waals surface area contributed by atoms with Crippen LogP contribution in [0.3, 0.4) is 0 Å². The molecule has 0 aromatic heterocycles. The van der Waals surface area contributed by atoms with E-state index >= 15 is 0 Å². The Morgan fingerprint density at radius 3 is 2.15 bits per heavy atom. The highest BCUT2D eigenvalue weighted by molar-refractivity contribution is 4.92. The van der Waals surface area contributed by atoms with Crippen LogP contribution in [0.2, 0.25) is 0 Å². The van der Waals surface area contributed by atoms with Gasteiger partial charge < -0.3 is 10.5 Å². The molecule has 0 amide bonds. The minimum atomic E-state index is -0.0569. The molecule has 1 aliphatic heterocycles. The Bertz CT molecular complexity index is 165. The van der Waals surface area contributed by atoms with E-state index in [1.807, 2.05) is 0 Å². The van der Waals surface area contributed by atoms with Crippen LogP contribution in [0.15, 0.2) is 0 Å². The van der Waals surface area contributed by atoms with Crippen molar-refractivity contribution in [2.45, 2.75) is 46.1 Å². The molecule has 0 saturated carbocycles. The molecule has 1 saturated heterocycles. The third kappa shape index (κ3) is 3.28. The van der Waals surface area contributed by atoms with E-state index in [1.165, 1.54) is 6.42 Å². The third-order valence-electron chi connectivity index (χ3n) is 2.49. The van der Waals surface area contributed by atoms with Crippen molar-refractivity contribution in [1.29, 1.82) is 0 Å². The van der Waals surface area contributed by atoms with Gasteiger partial charge in [0.2, 0.25) is 0 Å². The van der Waals surface area contributed by atoms with Crippen LogP contribution >= 0.6 is 0 Å². The van der Waals surface area contributed by atoms with Gasteiger partial charge in [0.25, 0.3) is 0 Å². The first-order valence-corrected chi connectivity index (χ1v) is 5.20. The van der Waals surface area contributed by atoms with E-state index in [0.717, 1.165) is 25.6 Å². The van der Waals surface area contributed by atoms with Gasteiger partial charge in [-0.2, -0.15) is 0 Å². The second-order valence-electron chi connectivity index (χ2n) is 5.76. The quantitative estimate of drug-likeness (QED) is 0.728. The van der Waals surface area contributed by atoms with Crippen LogP contribution in [0.4, 0.5) is 0 Å². The fraction of sp³-hybridized carbons (Fsp3) is 1.00. The summed E-state index contributed by atoms with van der Waals surface area (Å²) in [5.74, 6) is 0.742. The molecule has 0 atom stereocenters. The van der Waals surface area contributed by atoms with Crippen LogP contribution in [-0.4, -0.2) is 18.8 Å². The van der Waals surface area contributed by atoms with Gasteiger partial charge in [0.15, 0.2) is 0 Å². The normalized spacial score (nSPS) is 21.7. The molecule has 2 nitrogen and oxygen atoms in total. The maximum absolute atomic E-state index is 6.05. The number of rotatable bonds is 4. The fourth-order valence-corrected chi connectivity index (χ4v) is 2.52. The summed E-state index contributed by atoms with van der Waals surface area (Å²) in [4.78, 5) is 0. The lowest BCUT2D eigenvalue weighted by atomic mass is 9.71. The van der Waals surface area contributed by atoms with Crippen molar-refractivity contribution >= 4 is 0 Å². The predicted molar refractivity (Wildman–Crippen MR) is 55.6 cm³/mol. The van der Waals surface area contributed by atoms with Gasteiger partial charge in [0.05, 0.1) is 13.2 Å². The molecule has 0 radical (unpaired) electrons. The van der Waals surface area contributed by atoms with Gasteiger partial charge in [-0.3, -0.25) is 0 Å². The average molecular weight is 185 g/mol. The van der Waals surface area contributed by atoms with Gasteiger partial charge in [-0.05, 0) is 32.6 Å². The largest absolute Gasteiger partial charge is 0.380 e. The third-order valence-corrected chi connectivity index (χ3v) is 2.49. The molecule has 0 aliphatic carbocycles. The summed E-state index contributed by atoms with van der Waals surface area (Å²) in [6.07, 6.45) is 2.33. The number of nitrogens with two attached hydrogens (primary N) is 1. The van der Waals surface area contributed by atoms with Crippen molar-refractivity contribution in [2.24, 2.45) is 17.1 Å². The standard InChI is InChI=1S/C11H23NO/c1-9(2)5-11(7-13-8-11)6-10(3,4)12/h9H,5-8,12H2,1-4H3. The highest BCUT2D eigenvalue weighted by atomic mass is 16.5. The summed E-state index contributed by atoms with van der Waals surface area (Å²) >= 11 is 0. The van der Waals surface area contributed by atoms with Crippen LogP contribution < -0.4 is 5.73 Å². The van der Waals surface area contributed by atoms with E-state index in [0.29, 0.717) is 5.41 Å². The molecule has 1 aliphatic rings. The van der Waals surface area contributed by atoms with E-state index in [-0.39, 0.29) is 5.54 Å². The first-order valence-electron chi connectivity index (χ1n) is 5.20. The van der Waals surface area contributed by atoms with Crippen molar-refractivity contribution in [3.8, 4) is 0 Å². The van der Waals surface area contributed by atoms with Gasteiger partial charge in [-0.15, -0.1) is 0 Å². The van der Waals surface area contributed by atoms with Crippen LogP contribution in [-0.2, 0) is 4.74 Å². The van der Waals surface area contributed by atoms with E-state index in [2.05, 4.69) is 27.7 Å². The first-order chi connectivity index (χ1) is 5.83. The Balaban J connectivity index is 2.50.